The van der Waals surface area contributed by atoms with E-state index >= 15 is 0 Å². The van der Waals surface area contributed by atoms with Gasteiger partial charge in [0.15, 0.2) is 5.78 Å². The number of imide groups is 1. The average molecular weight is 389 g/mol. The lowest BCUT2D eigenvalue weighted by molar-refractivity contribution is -0.123. The predicted molar refractivity (Wildman–Crippen MR) is 104 cm³/mol. The number of anilines is 1. The number of hydrazone groups is 1. The molecule has 0 unspecified atom stereocenters. The number of amides is 2. The SMILES string of the molecule is O=C(c1ccc(F)cc1)[C@@H]1[C@@H]2C(=O)N(c3ccccc3)C(=O)[C@@H]2[C@H]2C=CC=NN21. The van der Waals surface area contributed by atoms with Gasteiger partial charge in [0.2, 0.25) is 11.8 Å². The van der Waals surface area contributed by atoms with Crippen LogP contribution in [-0.2, 0) is 9.59 Å². The van der Waals surface area contributed by atoms with Crippen LogP contribution in [0.3, 0.4) is 0 Å². The molecule has 2 fully saturated rings. The van der Waals surface area contributed by atoms with E-state index in [1.165, 1.54) is 35.4 Å². The van der Waals surface area contributed by atoms with E-state index in [1.54, 1.807) is 47.5 Å². The van der Waals surface area contributed by atoms with E-state index in [9.17, 15) is 18.8 Å². The smallest absolute Gasteiger partial charge is 0.240 e. The van der Waals surface area contributed by atoms with Crippen LogP contribution in [0.1, 0.15) is 10.4 Å². The number of hydrogen-bond donors (Lipinski definition) is 0. The van der Waals surface area contributed by atoms with Crippen LogP contribution in [0.5, 0.6) is 0 Å². The van der Waals surface area contributed by atoms with Crippen molar-refractivity contribution in [2.75, 3.05) is 4.90 Å². The van der Waals surface area contributed by atoms with Crippen molar-refractivity contribution in [3.8, 4) is 0 Å². The third kappa shape index (κ3) is 2.54. The van der Waals surface area contributed by atoms with Crippen molar-refractivity contribution in [2.24, 2.45) is 16.9 Å². The van der Waals surface area contributed by atoms with Gasteiger partial charge < -0.3 is 0 Å². The van der Waals surface area contributed by atoms with E-state index in [0.717, 1.165) is 0 Å². The summed E-state index contributed by atoms with van der Waals surface area (Å²) in [5, 5.41) is 5.83. The number of carbonyl (C=O) groups is 3. The maximum atomic E-state index is 13.3. The average Bonchev–Trinajstić information content (AvgIpc) is 3.22. The van der Waals surface area contributed by atoms with Gasteiger partial charge in [-0.15, -0.1) is 0 Å². The Balaban J connectivity index is 1.58. The second-order valence-electron chi connectivity index (χ2n) is 7.24. The molecule has 144 valence electrons. The molecular formula is C22H16FN3O3. The number of carbonyl (C=O) groups excluding carboxylic acids is 3. The minimum Gasteiger partial charge on any atom is -0.292 e. The van der Waals surface area contributed by atoms with E-state index in [-0.39, 0.29) is 17.3 Å². The molecular weight excluding hydrogens is 373 g/mol. The van der Waals surface area contributed by atoms with Crippen molar-refractivity contribution < 1.29 is 18.8 Å². The standard InChI is InChI=1S/C22H16FN3O3/c23-14-10-8-13(9-11-14)20(27)19-18-17(16-7-4-12-24-26(16)19)21(28)25(22(18)29)15-5-2-1-3-6-15/h1-12,16-19H/t16-,17-,18-,19+/m1/s1. The number of ketones is 1. The summed E-state index contributed by atoms with van der Waals surface area (Å²) in [5.41, 5.74) is 0.763. The van der Waals surface area contributed by atoms with Gasteiger partial charge in [0.05, 0.1) is 23.6 Å². The molecule has 2 amide bonds. The fraction of sp³-hybridized carbons (Fsp3) is 0.182. The van der Waals surface area contributed by atoms with Gasteiger partial charge in [-0.05, 0) is 42.5 Å². The summed E-state index contributed by atoms with van der Waals surface area (Å²) in [4.78, 5) is 41.0. The first-order valence-corrected chi connectivity index (χ1v) is 9.29. The Kier molecular flexibility index (Phi) is 3.91. The third-order valence-electron chi connectivity index (χ3n) is 5.70. The molecule has 0 spiro atoms. The van der Waals surface area contributed by atoms with Crippen molar-refractivity contribution in [1.82, 2.24) is 5.01 Å². The van der Waals surface area contributed by atoms with Crippen molar-refractivity contribution in [1.29, 1.82) is 0 Å². The number of nitrogens with zero attached hydrogens (tertiary/aromatic N) is 3. The summed E-state index contributed by atoms with van der Waals surface area (Å²) in [5.74, 6) is -3.12. The second-order valence-corrected chi connectivity index (χ2v) is 7.24. The Morgan fingerprint density at radius 2 is 1.62 bits per heavy atom. The monoisotopic (exact) mass is 389 g/mol. The van der Waals surface area contributed by atoms with Gasteiger partial charge in [-0.1, -0.05) is 24.3 Å². The highest BCUT2D eigenvalue weighted by Gasteiger charge is 2.64. The zero-order valence-electron chi connectivity index (χ0n) is 15.2. The zero-order valence-corrected chi connectivity index (χ0v) is 15.2. The van der Waals surface area contributed by atoms with E-state index in [1.807, 2.05) is 0 Å². The first kappa shape index (κ1) is 17.5. The molecule has 0 aromatic heterocycles. The largest absolute Gasteiger partial charge is 0.292 e. The van der Waals surface area contributed by atoms with Gasteiger partial charge >= 0.3 is 0 Å². The van der Waals surface area contributed by atoms with Gasteiger partial charge in [-0.2, -0.15) is 5.10 Å². The molecule has 0 aliphatic carbocycles. The van der Waals surface area contributed by atoms with Crippen LogP contribution in [0.15, 0.2) is 71.9 Å². The van der Waals surface area contributed by atoms with Crippen LogP contribution in [0.25, 0.3) is 0 Å². The summed E-state index contributed by atoms with van der Waals surface area (Å²) >= 11 is 0. The van der Waals surface area contributed by atoms with Gasteiger partial charge in [0, 0.05) is 11.8 Å². The highest BCUT2D eigenvalue weighted by atomic mass is 19.1. The summed E-state index contributed by atoms with van der Waals surface area (Å²) in [6.07, 6.45) is 5.04. The minimum absolute atomic E-state index is 0.277. The number of hydrogen-bond acceptors (Lipinski definition) is 5. The fourth-order valence-corrected chi connectivity index (χ4v) is 4.45. The molecule has 3 heterocycles. The summed E-state index contributed by atoms with van der Waals surface area (Å²) in [6, 6.07) is 12.5. The number of para-hydroxylation sites is 1. The van der Waals surface area contributed by atoms with Crippen molar-refractivity contribution >= 4 is 29.5 Å². The second kappa shape index (κ2) is 6.48. The number of halogens is 1. The van der Waals surface area contributed by atoms with E-state index in [2.05, 4.69) is 5.10 Å². The molecule has 4 atom stereocenters. The van der Waals surface area contributed by atoms with Crippen molar-refractivity contribution in [3.63, 3.8) is 0 Å². The molecule has 0 radical (unpaired) electrons. The number of fused-ring (bicyclic) bond motifs is 3. The molecule has 2 aromatic carbocycles. The van der Waals surface area contributed by atoms with Gasteiger partial charge in [-0.3, -0.25) is 19.4 Å². The lowest BCUT2D eigenvalue weighted by atomic mass is 9.86. The molecule has 7 heteroatoms. The lowest BCUT2D eigenvalue weighted by Gasteiger charge is -2.30. The van der Waals surface area contributed by atoms with Crippen molar-refractivity contribution in [3.05, 3.63) is 78.1 Å². The molecule has 6 nitrogen and oxygen atoms in total. The van der Waals surface area contributed by atoms with E-state index in [4.69, 9.17) is 0 Å². The number of Topliss-reactive ketones (excluding diaryl/α,β-unsaturated/α-hetero) is 1. The van der Waals surface area contributed by atoms with Crippen LogP contribution in [-0.4, -0.2) is 40.9 Å². The topological polar surface area (TPSA) is 70.0 Å². The number of allylic oxidation sites excluding steroid dienone is 1. The Bertz CT molecular complexity index is 1060. The summed E-state index contributed by atoms with van der Waals surface area (Å²) < 4.78 is 13.3. The summed E-state index contributed by atoms with van der Waals surface area (Å²) in [6.45, 7) is 0. The predicted octanol–water partition coefficient (Wildman–Crippen LogP) is 2.42. The Morgan fingerprint density at radius 3 is 2.34 bits per heavy atom. The maximum absolute atomic E-state index is 13.3. The van der Waals surface area contributed by atoms with Gasteiger partial charge in [0.25, 0.3) is 0 Å². The Labute approximate surface area is 165 Å². The molecule has 0 saturated carbocycles. The minimum atomic E-state index is -0.929. The molecule has 0 bridgehead atoms. The van der Waals surface area contributed by atoms with E-state index in [0.29, 0.717) is 5.69 Å². The first-order valence-electron chi connectivity index (χ1n) is 9.29. The highest BCUT2D eigenvalue weighted by molar-refractivity contribution is 6.24. The van der Waals surface area contributed by atoms with Crippen LogP contribution in [0.2, 0.25) is 0 Å². The zero-order chi connectivity index (χ0) is 20.1. The molecule has 3 aliphatic rings. The molecule has 29 heavy (non-hydrogen) atoms. The normalized spacial score (nSPS) is 27.3. The highest BCUT2D eigenvalue weighted by Crippen LogP contribution is 2.46. The first-order chi connectivity index (χ1) is 14.1. The molecule has 0 N–H and O–H groups in total. The Morgan fingerprint density at radius 1 is 0.931 bits per heavy atom. The summed E-state index contributed by atoms with van der Waals surface area (Å²) in [7, 11) is 0. The van der Waals surface area contributed by atoms with Gasteiger partial charge in [0.1, 0.15) is 11.9 Å². The van der Waals surface area contributed by atoms with Crippen LogP contribution in [0, 0.1) is 17.7 Å². The van der Waals surface area contributed by atoms with Crippen LogP contribution >= 0.6 is 0 Å². The quantitative estimate of drug-likeness (QED) is 0.597. The maximum Gasteiger partial charge on any atom is 0.240 e. The fourth-order valence-electron chi connectivity index (χ4n) is 4.45. The Hall–Kier alpha value is -3.61. The molecule has 2 aromatic rings. The molecule has 2 saturated heterocycles. The van der Waals surface area contributed by atoms with Crippen molar-refractivity contribution in [2.45, 2.75) is 12.1 Å². The third-order valence-corrected chi connectivity index (χ3v) is 5.70. The van der Waals surface area contributed by atoms with Crippen LogP contribution < -0.4 is 4.90 Å². The molecule has 3 aliphatic heterocycles. The van der Waals surface area contributed by atoms with Gasteiger partial charge in [-0.25, -0.2) is 9.29 Å². The lowest BCUT2D eigenvalue weighted by Crippen LogP contribution is -2.46. The number of benzene rings is 2. The number of rotatable bonds is 3. The van der Waals surface area contributed by atoms with E-state index < -0.39 is 35.6 Å². The van der Waals surface area contributed by atoms with Crippen LogP contribution in [0.4, 0.5) is 10.1 Å². The molecule has 5 rings (SSSR count).